The molecule has 0 bridgehead atoms. The van der Waals surface area contributed by atoms with Crippen LogP contribution in [0, 0.1) is 5.92 Å². The van der Waals surface area contributed by atoms with Crippen LogP contribution in [0.5, 0.6) is 0 Å². The van der Waals surface area contributed by atoms with Gasteiger partial charge in [-0.05, 0) is 18.8 Å². The van der Waals surface area contributed by atoms with E-state index in [1.165, 1.54) is 32.1 Å². The molecule has 0 atom stereocenters. The molecule has 1 fully saturated rings. The van der Waals surface area contributed by atoms with Crippen molar-refractivity contribution >= 4 is 17.4 Å². The molecular weight excluding hydrogens is 198 g/mol. The van der Waals surface area contributed by atoms with Gasteiger partial charge >= 0.3 is 0 Å². The van der Waals surface area contributed by atoms with Crippen LogP contribution in [0.2, 0.25) is 5.02 Å². The molecule has 0 saturated heterocycles. The number of hydrogen-bond donors (Lipinski definition) is 1. The molecule has 0 aliphatic heterocycles. The number of rotatable bonds is 2. The normalized spacial score (nSPS) is 18.6. The Kier molecular flexibility index (Phi) is 2.96. The van der Waals surface area contributed by atoms with Gasteiger partial charge in [-0.2, -0.15) is 5.10 Å². The van der Waals surface area contributed by atoms with Crippen molar-refractivity contribution in [2.24, 2.45) is 5.92 Å². The van der Waals surface area contributed by atoms with Gasteiger partial charge in [0, 0.05) is 6.54 Å². The van der Waals surface area contributed by atoms with Gasteiger partial charge in [0.15, 0.2) is 0 Å². The lowest BCUT2D eigenvalue weighted by Gasteiger charge is -2.21. The molecule has 78 valence electrons. The fourth-order valence-corrected chi connectivity index (χ4v) is 2.27. The molecule has 2 N–H and O–H groups in total. The predicted molar refractivity (Wildman–Crippen MR) is 58.2 cm³/mol. The average molecular weight is 214 g/mol. The van der Waals surface area contributed by atoms with Gasteiger partial charge in [-0.25, -0.2) is 4.68 Å². The van der Waals surface area contributed by atoms with Crippen LogP contribution in [-0.2, 0) is 6.54 Å². The summed E-state index contributed by atoms with van der Waals surface area (Å²) < 4.78 is 1.83. The molecule has 0 radical (unpaired) electrons. The predicted octanol–water partition coefficient (Wildman–Crippen LogP) is 2.70. The van der Waals surface area contributed by atoms with Gasteiger partial charge in [-0.3, -0.25) is 0 Å². The van der Waals surface area contributed by atoms with Gasteiger partial charge in [-0.15, -0.1) is 0 Å². The van der Waals surface area contributed by atoms with Crippen molar-refractivity contribution in [2.75, 3.05) is 5.73 Å². The Labute approximate surface area is 89.2 Å². The van der Waals surface area contributed by atoms with Crippen molar-refractivity contribution in [3.8, 4) is 0 Å². The van der Waals surface area contributed by atoms with Gasteiger partial charge in [0.05, 0.1) is 6.20 Å². The van der Waals surface area contributed by atoms with E-state index in [-0.39, 0.29) is 0 Å². The van der Waals surface area contributed by atoms with Crippen molar-refractivity contribution in [3.05, 3.63) is 11.2 Å². The third kappa shape index (κ3) is 2.03. The Morgan fingerprint density at radius 1 is 1.43 bits per heavy atom. The molecule has 1 aliphatic carbocycles. The van der Waals surface area contributed by atoms with Crippen LogP contribution in [0.1, 0.15) is 32.1 Å². The van der Waals surface area contributed by atoms with E-state index in [4.69, 9.17) is 17.3 Å². The molecule has 2 rings (SSSR count). The van der Waals surface area contributed by atoms with Crippen molar-refractivity contribution in [1.82, 2.24) is 9.78 Å². The number of halogens is 1. The Bertz CT molecular complexity index is 302. The second-order valence-corrected chi connectivity index (χ2v) is 4.47. The molecule has 0 spiro atoms. The van der Waals surface area contributed by atoms with E-state index in [1.54, 1.807) is 6.20 Å². The van der Waals surface area contributed by atoms with E-state index >= 15 is 0 Å². The first kappa shape index (κ1) is 9.84. The minimum absolute atomic E-state index is 0.570. The van der Waals surface area contributed by atoms with Crippen molar-refractivity contribution in [3.63, 3.8) is 0 Å². The molecule has 1 saturated carbocycles. The summed E-state index contributed by atoms with van der Waals surface area (Å²) in [5.74, 6) is 1.35. The van der Waals surface area contributed by atoms with Crippen LogP contribution >= 0.6 is 11.6 Å². The smallest absolute Gasteiger partial charge is 0.140 e. The van der Waals surface area contributed by atoms with E-state index < -0.39 is 0 Å². The first-order valence-corrected chi connectivity index (χ1v) is 5.62. The van der Waals surface area contributed by atoms with Gasteiger partial charge in [0.25, 0.3) is 0 Å². The maximum atomic E-state index is 5.84. The Morgan fingerprint density at radius 3 is 2.71 bits per heavy atom. The topological polar surface area (TPSA) is 43.8 Å². The fraction of sp³-hybridized carbons (Fsp3) is 0.700. The number of aromatic nitrogens is 2. The molecule has 1 aromatic rings. The lowest BCUT2D eigenvalue weighted by molar-refractivity contribution is 0.310. The van der Waals surface area contributed by atoms with Gasteiger partial charge < -0.3 is 5.73 Å². The first-order valence-electron chi connectivity index (χ1n) is 5.24. The molecule has 1 heterocycles. The first-order chi connectivity index (χ1) is 6.77. The Balaban J connectivity index is 1.99. The summed E-state index contributed by atoms with van der Waals surface area (Å²) in [4.78, 5) is 0. The van der Waals surface area contributed by atoms with E-state index in [0.29, 0.717) is 10.8 Å². The molecule has 1 aliphatic rings. The second kappa shape index (κ2) is 4.22. The highest BCUT2D eigenvalue weighted by atomic mass is 35.5. The molecule has 0 unspecified atom stereocenters. The van der Waals surface area contributed by atoms with Gasteiger partial charge in [0.2, 0.25) is 0 Å². The SMILES string of the molecule is Nc1c(Cl)cnn1CC1CCCCC1. The highest BCUT2D eigenvalue weighted by molar-refractivity contribution is 6.32. The van der Waals surface area contributed by atoms with Crippen LogP contribution in [-0.4, -0.2) is 9.78 Å². The van der Waals surface area contributed by atoms with E-state index in [0.717, 1.165) is 12.5 Å². The van der Waals surface area contributed by atoms with E-state index in [9.17, 15) is 0 Å². The van der Waals surface area contributed by atoms with Crippen LogP contribution in [0.3, 0.4) is 0 Å². The summed E-state index contributed by atoms with van der Waals surface area (Å²) in [5.41, 5.74) is 5.79. The van der Waals surface area contributed by atoms with Crippen LogP contribution < -0.4 is 5.73 Å². The Morgan fingerprint density at radius 2 is 2.14 bits per heavy atom. The van der Waals surface area contributed by atoms with Crippen LogP contribution in [0.25, 0.3) is 0 Å². The zero-order valence-corrected chi connectivity index (χ0v) is 9.00. The highest BCUT2D eigenvalue weighted by Crippen LogP contribution is 2.26. The van der Waals surface area contributed by atoms with Crippen LogP contribution in [0.15, 0.2) is 6.20 Å². The second-order valence-electron chi connectivity index (χ2n) is 4.06. The maximum Gasteiger partial charge on any atom is 0.140 e. The van der Waals surface area contributed by atoms with Crippen molar-refractivity contribution < 1.29 is 0 Å². The Hall–Kier alpha value is -0.700. The summed E-state index contributed by atoms with van der Waals surface area (Å²) in [6.45, 7) is 0.929. The lowest BCUT2D eigenvalue weighted by atomic mass is 9.89. The highest BCUT2D eigenvalue weighted by Gasteiger charge is 2.15. The molecule has 3 nitrogen and oxygen atoms in total. The number of nitrogens with two attached hydrogens (primary N) is 1. The van der Waals surface area contributed by atoms with Crippen molar-refractivity contribution in [2.45, 2.75) is 38.6 Å². The number of hydrogen-bond acceptors (Lipinski definition) is 2. The summed E-state index contributed by atoms with van der Waals surface area (Å²) in [5, 5.41) is 4.74. The monoisotopic (exact) mass is 213 g/mol. The third-order valence-electron chi connectivity index (χ3n) is 2.99. The van der Waals surface area contributed by atoms with Gasteiger partial charge in [0.1, 0.15) is 10.8 Å². The average Bonchev–Trinajstić information content (AvgIpc) is 2.52. The quantitative estimate of drug-likeness (QED) is 0.821. The maximum absolute atomic E-state index is 5.84. The lowest BCUT2D eigenvalue weighted by Crippen LogP contribution is -2.16. The van der Waals surface area contributed by atoms with Crippen molar-refractivity contribution in [1.29, 1.82) is 0 Å². The number of nitrogen functional groups attached to an aromatic ring is 1. The molecule has 0 amide bonds. The van der Waals surface area contributed by atoms with Gasteiger partial charge in [-0.1, -0.05) is 30.9 Å². The molecule has 1 aromatic heterocycles. The van der Waals surface area contributed by atoms with E-state index in [1.807, 2.05) is 4.68 Å². The number of anilines is 1. The molecular formula is C10H16ClN3. The summed E-state index contributed by atoms with van der Waals surface area (Å²) in [7, 11) is 0. The number of nitrogens with zero attached hydrogens (tertiary/aromatic N) is 2. The summed E-state index contributed by atoms with van der Waals surface area (Å²) in [6, 6.07) is 0. The fourth-order valence-electron chi connectivity index (χ4n) is 2.13. The minimum atomic E-state index is 0.570. The zero-order valence-electron chi connectivity index (χ0n) is 8.25. The van der Waals surface area contributed by atoms with E-state index in [2.05, 4.69) is 5.10 Å². The largest absolute Gasteiger partial charge is 0.383 e. The standard InChI is InChI=1S/C10H16ClN3/c11-9-6-13-14(10(9)12)7-8-4-2-1-3-5-8/h6,8H,1-5,7,12H2. The third-order valence-corrected chi connectivity index (χ3v) is 3.28. The summed E-state index contributed by atoms with van der Waals surface area (Å²) >= 11 is 5.84. The zero-order chi connectivity index (χ0) is 9.97. The molecule has 4 heteroatoms. The summed E-state index contributed by atoms with van der Waals surface area (Å²) in [6.07, 6.45) is 8.30. The minimum Gasteiger partial charge on any atom is -0.383 e. The molecule has 14 heavy (non-hydrogen) atoms. The van der Waals surface area contributed by atoms with Crippen LogP contribution in [0.4, 0.5) is 5.82 Å². The molecule has 0 aromatic carbocycles.